The predicted octanol–water partition coefficient (Wildman–Crippen LogP) is 2.81. The molecule has 0 radical (unpaired) electrons. The third kappa shape index (κ3) is 6.81. The summed E-state index contributed by atoms with van der Waals surface area (Å²) < 4.78 is 5.15. The lowest BCUT2D eigenvalue weighted by Crippen LogP contribution is -2.37. The molecule has 2 rings (SSSR count). The van der Waals surface area contributed by atoms with Crippen LogP contribution in [0.4, 0.5) is 5.69 Å². The molecular formula is C22H29N3O4S. The molecule has 3 amide bonds. The summed E-state index contributed by atoms with van der Waals surface area (Å²) in [7, 11) is 0.687. The van der Waals surface area contributed by atoms with E-state index in [4.69, 9.17) is 10.5 Å². The van der Waals surface area contributed by atoms with Gasteiger partial charge in [-0.2, -0.15) is 0 Å². The summed E-state index contributed by atoms with van der Waals surface area (Å²) in [5.74, 6) is -0.755. The highest BCUT2D eigenvalue weighted by atomic mass is 32.3. The Hall–Kier alpha value is -3.00. The van der Waals surface area contributed by atoms with Crippen molar-refractivity contribution in [2.45, 2.75) is 23.8 Å². The summed E-state index contributed by atoms with van der Waals surface area (Å²) in [5, 5.41) is 5.54. The molecule has 4 N–H and O–H groups in total. The molecule has 0 spiro atoms. The molecule has 0 heterocycles. The second-order valence-electron chi connectivity index (χ2n) is 7.59. The first-order valence-corrected chi connectivity index (χ1v) is 12.3. The first-order chi connectivity index (χ1) is 14.1. The molecule has 162 valence electrons. The number of benzene rings is 2. The Morgan fingerprint density at radius 3 is 2.07 bits per heavy atom. The van der Waals surface area contributed by atoms with Gasteiger partial charge in [0.2, 0.25) is 11.8 Å². The van der Waals surface area contributed by atoms with Gasteiger partial charge in [-0.15, -0.1) is 0 Å². The molecule has 1 unspecified atom stereocenters. The van der Waals surface area contributed by atoms with Crippen molar-refractivity contribution in [3.63, 3.8) is 0 Å². The Morgan fingerprint density at radius 1 is 0.967 bits per heavy atom. The van der Waals surface area contributed by atoms with Crippen LogP contribution in [-0.2, 0) is 14.4 Å². The lowest BCUT2D eigenvalue weighted by atomic mass is 10.1. The highest BCUT2D eigenvalue weighted by Crippen LogP contribution is 2.45. The summed E-state index contributed by atoms with van der Waals surface area (Å²) in [6, 6.07) is 13.6. The standard InChI is InChI=1S/C22H29N3O4S/c1-29-17-9-5-15(6-10-17)21(25-20(27)14-13-19(23)26)22(28)24-16-7-11-18(12-8-16)30(2,3)4/h5-12,21H,13-14H2,1-4H3,(H2,23,26)(H,24,28)(H,25,27). The monoisotopic (exact) mass is 431 g/mol. The molecular weight excluding hydrogens is 402 g/mol. The van der Waals surface area contributed by atoms with Gasteiger partial charge in [0.05, 0.1) is 7.11 Å². The normalized spacial score (nSPS) is 12.5. The van der Waals surface area contributed by atoms with Gasteiger partial charge in [0.1, 0.15) is 11.8 Å². The summed E-state index contributed by atoms with van der Waals surface area (Å²) in [6.45, 7) is 0. The number of amides is 3. The van der Waals surface area contributed by atoms with Gasteiger partial charge in [-0.3, -0.25) is 14.4 Å². The smallest absolute Gasteiger partial charge is 0.251 e. The fourth-order valence-corrected chi connectivity index (χ4v) is 3.68. The Kier molecular flexibility index (Phi) is 7.88. The predicted molar refractivity (Wildman–Crippen MR) is 121 cm³/mol. The molecule has 2 aromatic carbocycles. The number of ether oxygens (including phenoxy) is 1. The van der Waals surface area contributed by atoms with Crippen molar-refractivity contribution in [3.05, 3.63) is 54.1 Å². The molecule has 0 aliphatic carbocycles. The lowest BCUT2D eigenvalue weighted by Gasteiger charge is -2.26. The van der Waals surface area contributed by atoms with Crippen LogP contribution in [0.25, 0.3) is 0 Å². The van der Waals surface area contributed by atoms with Crippen LogP contribution in [0.15, 0.2) is 53.4 Å². The third-order valence-corrected chi connectivity index (χ3v) is 6.13. The molecule has 1 atom stereocenters. The molecule has 2 aromatic rings. The van der Waals surface area contributed by atoms with E-state index in [1.54, 1.807) is 31.4 Å². The molecule has 0 aliphatic heterocycles. The van der Waals surface area contributed by atoms with Crippen molar-refractivity contribution in [1.29, 1.82) is 0 Å². The maximum atomic E-state index is 13.0. The summed E-state index contributed by atoms with van der Waals surface area (Å²) in [5.41, 5.74) is 6.34. The van der Waals surface area contributed by atoms with Crippen LogP contribution in [0.2, 0.25) is 0 Å². The number of primary amides is 1. The molecule has 0 aliphatic rings. The van der Waals surface area contributed by atoms with Gasteiger partial charge in [-0.25, -0.2) is 10.0 Å². The van der Waals surface area contributed by atoms with E-state index < -0.39 is 27.9 Å². The second kappa shape index (κ2) is 10.2. The average molecular weight is 432 g/mol. The van der Waals surface area contributed by atoms with Crippen LogP contribution in [0.3, 0.4) is 0 Å². The van der Waals surface area contributed by atoms with Gasteiger partial charge < -0.3 is 21.1 Å². The minimum atomic E-state index is -0.927. The number of carbonyl (C=O) groups excluding carboxylic acids is 3. The van der Waals surface area contributed by atoms with Crippen LogP contribution >= 0.6 is 10.0 Å². The van der Waals surface area contributed by atoms with E-state index in [2.05, 4.69) is 29.4 Å². The van der Waals surface area contributed by atoms with E-state index in [-0.39, 0.29) is 18.7 Å². The first-order valence-electron chi connectivity index (χ1n) is 9.41. The number of hydrogen-bond acceptors (Lipinski definition) is 4. The van der Waals surface area contributed by atoms with Gasteiger partial charge in [0.15, 0.2) is 0 Å². The fourth-order valence-electron chi connectivity index (χ4n) is 2.73. The van der Waals surface area contributed by atoms with E-state index in [0.29, 0.717) is 17.0 Å². The second-order valence-corrected chi connectivity index (χ2v) is 11.7. The summed E-state index contributed by atoms with van der Waals surface area (Å²) in [4.78, 5) is 37.4. The van der Waals surface area contributed by atoms with Crippen molar-refractivity contribution in [1.82, 2.24) is 5.32 Å². The van der Waals surface area contributed by atoms with Crippen molar-refractivity contribution in [2.24, 2.45) is 5.73 Å². The van der Waals surface area contributed by atoms with Crippen LogP contribution in [0.1, 0.15) is 24.4 Å². The van der Waals surface area contributed by atoms with Crippen molar-refractivity contribution in [3.8, 4) is 5.75 Å². The Bertz CT molecular complexity index is 890. The average Bonchev–Trinajstić information content (AvgIpc) is 2.70. The van der Waals surface area contributed by atoms with E-state index in [1.165, 1.54) is 4.90 Å². The van der Waals surface area contributed by atoms with E-state index in [0.717, 1.165) is 0 Å². The van der Waals surface area contributed by atoms with Crippen molar-refractivity contribution >= 4 is 33.4 Å². The van der Waals surface area contributed by atoms with Gasteiger partial charge in [-0.05, 0) is 65.6 Å². The van der Waals surface area contributed by atoms with Crippen LogP contribution < -0.4 is 21.1 Å². The van der Waals surface area contributed by atoms with Gasteiger partial charge in [0, 0.05) is 18.5 Å². The summed E-state index contributed by atoms with van der Waals surface area (Å²) >= 11 is 0. The molecule has 0 saturated carbocycles. The lowest BCUT2D eigenvalue weighted by molar-refractivity contribution is -0.128. The van der Waals surface area contributed by atoms with E-state index >= 15 is 0 Å². The minimum absolute atomic E-state index is 0.0839. The number of carbonyl (C=O) groups is 3. The quantitative estimate of drug-likeness (QED) is 0.567. The number of rotatable bonds is 9. The molecule has 0 aromatic heterocycles. The molecule has 7 nitrogen and oxygen atoms in total. The number of nitrogens with two attached hydrogens (primary N) is 1. The van der Waals surface area contributed by atoms with Crippen LogP contribution in [0, 0.1) is 0 Å². The van der Waals surface area contributed by atoms with Crippen LogP contribution in [-0.4, -0.2) is 43.6 Å². The van der Waals surface area contributed by atoms with Crippen molar-refractivity contribution < 1.29 is 19.1 Å². The number of methoxy groups -OCH3 is 1. The molecule has 0 saturated heterocycles. The first kappa shape index (κ1) is 23.3. The topological polar surface area (TPSA) is 111 Å². The highest BCUT2D eigenvalue weighted by molar-refractivity contribution is 8.32. The molecule has 0 fully saturated rings. The Labute approximate surface area is 178 Å². The molecule has 30 heavy (non-hydrogen) atoms. The Balaban J connectivity index is 2.20. The van der Waals surface area contributed by atoms with E-state index in [9.17, 15) is 14.4 Å². The summed E-state index contributed by atoms with van der Waals surface area (Å²) in [6.07, 6.45) is 6.42. The van der Waals surface area contributed by atoms with Crippen LogP contribution in [0.5, 0.6) is 5.75 Å². The number of hydrogen-bond donors (Lipinski definition) is 3. The number of anilines is 1. The number of nitrogens with one attached hydrogen (secondary N) is 2. The molecule has 8 heteroatoms. The van der Waals surface area contributed by atoms with Gasteiger partial charge in [0.25, 0.3) is 5.91 Å². The zero-order chi connectivity index (χ0) is 22.3. The van der Waals surface area contributed by atoms with E-state index in [1.807, 2.05) is 24.3 Å². The molecule has 0 bridgehead atoms. The van der Waals surface area contributed by atoms with Gasteiger partial charge in [-0.1, -0.05) is 12.1 Å². The third-order valence-electron chi connectivity index (χ3n) is 4.44. The minimum Gasteiger partial charge on any atom is -0.497 e. The maximum absolute atomic E-state index is 13.0. The zero-order valence-electron chi connectivity index (χ0n) is 17.7. The fraction of sp³-hybridized carbons (Fsp3) is 0.318. The SMILES string of the molecule is COc1ccc(C(NC(=O)CCC(N)=O)C(=O)Nc2ccc(S(C)(C)C)cc2)cc1. The largest absolute Gasteiger partial charge is 0.497 e. The van der Waals surface area contributed by atoms with Gasteiger partial charge >= 0.3 is 0 Å². The van der Waals surface area contributed by atoms with Crippen molar-refractivity contribution in [2.75, 3.05) is 31.2 Å². The maximum Gasteiger partial charge on any atom is 0.251 e. The Morgan fingerprint density at radius 2 is 1.57 bits per heavy atom. The zero-order valence-corrected chi connectivity index (χ0v) is 18.5. The highest BCUT2D eigenvalue weighted by Gasteiger charge is 2.23.